The Kier molecular flexibility index (Phi) is 4.51. The van der Waals surface area contributed by atoms with Crippen molar-refractivity contribution in [3.05, 3.63) is 24.2 Å². The minimum atomic E-state index is -3.50. The number of carbonyl (C=O) groups is 1. The van der Waals surface area contributed by atoms with Gasteiger partial charge in [-0.3, -0.25) is 4.79 Å². The van der Waals surface area contributed by atoms with Gasteiger partial charge in [-0.15, -0.1) is 0 Å². The number of carboxylic acids is 1. The van der Waals surface area contributed by atoms with E-state index < -0.39 is 28.2 Å². The van der Waals surface area contributed by atoms with Gasteiger partial charge in [0.2, 0.25) is 10.0 Å². The fourth-order valence-corrected chi connectivity index (χ4v) is 2.08. The van der Waals surface area contributed by atoms with E-state index >= 15 is 0 Å². The summed E-state index contributed by atoms with van der Waals surface area (Å²) in [5.41, 5.74) is 0. The van der Waals surface area contributed by atoms with Crippen LogP contribution in [0.25, 0.3) is 0 Å². The Bertz CT molecular complexity index is 423. The fraction of sp³-hybridized carbons (Fsp3) is 0.444. The minimum Gasteiger partial charge on any atom is -0.481 e. The van der Waals surface area contributed by atoms with Gasteiger partial charge in [0.1, 0.15) is 5.76 Å². The molecule has 0 aliphatic rings. The van der Waals surface area contributed by atoms with E-state index in [4.69, 9.17) is 9.52 Å². The van der Waals surface area contributed by atoms with E-state index in [9.17, 15) is 13.2 Å². The van der Waals surface area contributed by atoms with Gasteiger partial charge >= 0.3 is 5.97 Å². The highest BCUT2D eigenvalue weighted by Crippen LogP contribution is 2.00. The molecule has 1 aromatic rings. The highest BCUT2D eigenvalue weighted by molar-refractivity contribution is 7.89. The van der Waals surface area contributed by atoms with Crippen LogP contribution in [0.4, 0.5) is 0 Å². The molecular formula is C9H13NO5S. The van der Waals surface area contributed by atoms with E-state index in [0.717, 1.165) is 0 Å². The van der Waals surface area contributed by atoms with Crippen LogP contribution in [-0.2, 0) is 21.2 Å². The minimum absolute atomic E-state index is 0.204. The molecule has 0 saturated heterocycles. The molecule has 90 valence electrons. The second-order valence-electron chi connectivity index (χ2n) is 3.19. The van der Waals surface area contributed by atoms with Crippen LogP contribution < -0.4 is 4.72 Å². The summed E-state index contributed by atoms with van der Waals surface area (Å²) in [6, 6.07) is 3.46. The molecule has 0 saturated carbocycles. The standard InChI is InChI=1S/C9H13NO5S/c11-9(12)4-7-16(13,14)10-5-3-8-2-1-6-15-8/h1-2,6,10H,3-5,7H2,(H,11,12). The van der Waals surface area contributed by atoms with Crippen molar-refractivity contribution in [2.75, 3.05) is 12.3 Å². The molecule has 6 nitrogen and oxygen atoms in total. The van der Waals surface area contributed by atoms with Crippen LogP contribution in [0.5, 0.6) is 0 Å². The van der Waals surface area contributed by atoms with Crippen molar-refractivity contribution in [3.8, 4) is 0 Å². The van der Waals surface area contributed by atoms with E-state index in [-0.39, 0.29) is 6.54 Å². The lowest BCUT2D eigenvalue weighted by Crippen LogP contribution is -2.29. The van der Waals surface area contributed by atoms with Crippen LogP contribution in [0.2, 0.25) is 0 Å². The van der Waals surface area contributed by atoms with Crippen molar-refractivity contribution < 1.29 is 22.7 Å². The molecule has 1 aromatic heterocycles. The summed E-state index contributed by atoms with van der Waals surface area (Å²) in [5.74, 6) is -0.849. The number of rotatable bonds is 7. The van der Waals surface area contributed by atoms with Crippen LogP contribution in [0, 0.1) is 0 Å². The summed E-state index contributed by atoms with van der Waals surface area (Å²) in [6.07, 6.45) is 1.56. The van der Waals surface area contributed by atoms with Gasteiger partial charge in [-0.05, 0) is 12.1 Å². The highest BCUT2D eigenvalue weighted by Gasteiger charge is 2.12. The lowest BCUT2D eigenvalue weighted by atomic mass is 10.3. The normalized spacial score (nSPS) is 11.5. The number of carboxylic acid groups (broad SMARTS) is 1. The van der Waals surface area contributed by atoms with Crippen LogP contribution in [0.3, 0.4) is 0 Å². The number of nitrogens with one attached hydrogen (secondary N) is 1. The van der Waals surface area contributed by atoms with Crippen molar-refractivity contribution in [3.63, 3.8) is 0 Å². The summed E-state index contributed by atoms with van der Waals surface area (Å²) in [5, 5.41) is 8.35. The molecule has 0 fully saturated rings. The average Bonchev–Trinajstić information content (AvgIpc) is 2.68. The third kappa shape index (κ3) is 4.94. The van der Waals surface area contributed by atoms with Crippen LogP contribution in [0.1, 0.15) is 12.2 Å². The Morgan fingerprint density at radius 1 is 1.50 bits per heavy atom. The first kappa shape index (κ1) is 12.7. The molecule has 0 radical (unpaired) electrons. The molecule has 0 unspecified atom stereocenters. The van der Waals surface area contributed by atoms with Gasteiger partial charge < -0.3 is 9.52 Å². The summed E-state index contributed by atoms with van der Waals surface area (Å²) >= 11 is 0. The number of hydrogen-bond donors (Lipinski definition) is 2. The van der Waals surface area contributed by atoms with Gasteiger partial charge in [0.05, 0.1) is 18.4 Å². The monoisotopic (exact) mass is 247 g/mol. The van der Waals surface area contributed by atoms with Gasteiger partial charge in [0, 0.05) is 13.0 Å². The second-order valence-corrected chi connectivity index (χ2v) is 5.11. The predicted octanol–water partition coefficient (Wildman–Crippen LogP) is 0.216. The summed E-state index contributed by atoms with van der Waals surface area (Å²) in [6.45, 7) is 0.204. The summed E-state index contributed by atoms with van der Waals surface area (Å²) in [4.78, 5) is 10.2. The van der Waals surface area contributed by atoms with E-state index in [1.54, 1.807) is 12.1 Å². The van der Waals surface area contributed by atoms with Gasteiger partial charge in [-0.2, -0.15) is 0 Å². The van der Waals surface area contributed by atoms with E-state index in [1.807, 2.05) is 0 Å². The maximum Gasteiger partial charge on any atom is 0.304 e. The molecular weight excluding hydrogens is 234 g/mol. The van der Waals surface area contributed by atoms with Crippen molar-refractivity contribution in [1.29, 1.82) is 0 Å². The zero-order valence-electron chi connectivity index (χ0n) is 8.55. The van der Waals surface area contributed by atoms with Crippen molar-refractivity contribution >= 4 is 16.0 Å². The molecule has 0 spiro atoms. The molecule has 0 atom stereocenters. The molecule has 7 heteroatoms. The van der Waals surface area contributed by atoms with Crippen molar-refractivity contribution in [2.45, 2.75) is 12.8 Å². The third-order valence-electron chi connectivity index (χ3n) is 1.86. The zero-order chi connectivity index (χ0) is 12.0. The van der Waals surface area contributed by atoms with E-state index in [0.29, 0.717) is 12.2 Å². The first-order valence-corrected chi connectivity index (χ1v) is 6.36. The van der Waals surface area contributed by atoms with Crippen molar-refractivity contribution in [2.24, 2.45) is 0 Å². The molecule has 0 amide bonds. The highest BCUT2D eigenvalue weighted by atomic mass is 32.2. The number of aliphatic carboxylic acids is 1. The topological polar surface area (TPSA) is 96.6 Å². The predicted molar refractivity (Wildman–Crippen MR) is 56.5 cm³/mol. The Balaban J connectivity index is 2.28. The van der Waals surface area contributed by atoms with Crippen molar-refractivity contribution in [1.82, 2.24) is 4.72 Å². The van der Waals surface area contributed by atoms with Gasteiger partial charge in [0.15, 0.2) is 0 Å². The zero-order valence-corrected chi connectivity index (χ0v) is 9.37. The van der Waals surface area contributed by atoms with Gasteiger partial charge in [0.25, 0.3) is 0 Å². The Morgan fingerprint density at radius 2 is 2.25 bits per heavy atom. The molecule has 0 aliphatic carbocycles. The molecule has 1 rings (SSSR count). The summed E-state index contributed by atoms with van der Waals surface area (Å²) in [7, 11) is -3.50. The van der Waals surface area contributed by atoms with Crippen LogP contribution in [0.15, 0.2) is 22.8 Å². The lowest BCUT2D eigenvalue weighted by Gasteiger charge is -2.03. The molecule has 0 bridgehead atoms. The Hall–Kier alpha value is -1.34. The number of hydrogen-bond acceptors (Lipinski definition) is 4. The Morgan fingerprint density at radius 3 is 2.81 bits per heavy atom. The number of sulfonamides is 1. The third-order valence-corrected chi connectivity index (χ3v) is 3.24. The fourth-order valence-electron chi connectivity index (χ4n) is 1.08. The second kappa shape index (κ2) is 5.66. The average molecular weight is 247 g/mol. The molecule has 0 aliphatic heterocycles. The quantitative estimate of drug-likeness (QED) is 0.718. The maximum atomic E-state index is 11.3. The number of furan rings is 1. The largest absolute Gasteiger partial charge is 0.481 e. The first-order chi connectivity index (χ1) is 7.49. The maximum absolute atomic E-state index is 11.3. The summed E-state index contributed by atoms with van der Waals surface area (Å²) < 4.78 is 29.8. The Labute approximate surface area is 93.3 Å². The molecule has 0 aromatic carbocycles. The smallest absolute Gasteiger partial charge is 0.304 e. The van der Waals surface area contributed by atoms with Gasteiger partial charge in [-0.1, -0.05) is 0 Å². The molecule has 2 N–H and O–H groups in total. The molecule has 1 heterocycles. The van der Waals surface area contributed by atoms with Crippen LogP contribution in [-0.4, -0.2) is 31.8 Å². The van der Waals surface area contributed by atoms with E-state index in [1.165, 1.54) is 6.26 Å². The van der Waals surface area contributed by atoms with E-state index in [2.05, 4.69) is 4.72 Å². The lowest BCUT2D eigenvalue weighted by molar-refractivity contribution is -0.136. The first-order valence-electron chi connectivity index (χ1n) is 4.71. The van der Waals surface area contributed by atoms with Gasteiger partial charge in [-0.25, -0.2) is 13.1 Å². The van der Waals surface area contributed by atoms with Crippen LogP contribution >= 0.6 is 0 Å². The molecule has 16 heavy (non-hydrogen) atoms. The SMILES string of the molecule is O=C(O)CCS(=O)(=O)NCCc1ccco1.